The molecule has 0 saturated heterocycles. The number of aryl methyl sites for hydroxylation is 1. The maximum absolute atomic E-state index is 12.9. The van der Waals surface area contributed by atoms with Gasteiger partial charge in [0.05, 0.1) is 28.7 Å². The number of imidazole rings is 1. The van der Waals surface area contributed by atoms with Crippen molar-refractivity contribution in [3.63, 3.8) is 0 Å². The van der Waals surface area contributed by atoms with Gasteiger partial charge in [-0.25, -0.2) is 15.0 Å². The Hall–Kier alpha value is -3.96. The average Bonchev–Trinajstić information content (AvgIpc) is 3.07. The van der Waals surface area contributed by atoms with Crippen LogP contribution in [0.5, 0.6) is 0 Å². The largest absolute Gasteiger partial charge is 0.416 e. The predicted octanol–water partition coefficient (Wildman–Crippen LogP) is 5.39. The summed E-state index contributed by atoms with van der Waals surface area (Å²) in [4.78, 5) is 24.5. The Kier molecular flexibility index (Phi) is 5.30. The lowest BCUT2D eigenvalue weighted by atomic mass is 10.1. The number of hydrogen-bond donors (Lipinski definition) is 1. The van der Waals surface area contributed by atoms with Gasteiger partial charge >= 0.3 is 12.4 Å². The van der Waals surface area contributed by atoms with E-state index in [9.17, 15) is 31.1 Å². The minimum Gasteiger partial charge on any atom is -0.305 e. The molecule has 0 saturated carbocycles. The second-order valence-electron chi connectivity index (χ2n) is 7.00. The van der Waals surface area contributed by atoms with Gasteiger partial charge in [0.2, 0.25) is 0 Å². The molecule has 33 heavy (non-hydrogen) atoms. The number of benzene rings is 1. The van der Waals surface area contributed by atoms with E-state index in [-0.39, 0.29) is 11.5 Å². The molecule has 12 heteroatoms. The summed E-state index contributed by atoms with van der Waals surface area (Å²) in [6.45, 7) is 1.65. The highest BCUT2D eigenvalue weighted by Crippen LogP contribution is 2.32. The molecule has 0 radical (unpaired) electrons. The van der Waals surface area contributed by atoms with Crippen LogP contribution in [0.15, 0.2) is 55.0 Å². The van der Waals surface area contributed by atoms with Crippen molar-refractivity contribution in [1.82, 2.24) is 19.4 Å². The van der Waals surface area contributed by atoms with Gasteiger partial charge in [0.1, 0.15) is 11.5 Å². The monoisotopic (exact) mass is 465 g/mol. The average molecular weight is 465 g/mol. The normalized spacial score (nSPS) is 12.2. The van der Waals surface area contributed by atoms with Crippen molar-refractivity contribution in [1.29, 1.82) is 0 Å². The van der Waals surface area contributed by atoms with Crippen LogP contribution in [0.3, 0.4) is 0 Å². The number of nitrogens with one attached hydrogen (secondary N) is 1. The summed E-state index contributed by atoms with van der Waals surface area (Å²) in [6, 6.07) is 5.89. The molecule has 3 aromatic heterocycles. The molecule has 170 valence electrons. The first-order valence-electron chi connectivity index (χ1n) is 9.30. The Morgan fingerprint density at radius 2 is 1.61 bits per heavy atom. The van der Waals surface area contributed by atoms with Crippen LogP contribution in [0.25, 0.3) is 16.9 Å². The number of amides is 1. The van der Waals surface area contributed by atoms with E-state index in [1.165, 1.54) is 28.9 Å². The van der Waals surface area contributed by atoms with E-state index in [0.29, 0.717) is 28.7 Å². The number of alkyl halides is 6. The highest BCUT2D eigenvalue weighted by molar-refractivity contribution is 6.02. The second-order valence-corrected chi connectivity index (χ2v) is 7.00. The zero-order valence-electron chi connectivity index (χ0n) is 16.7. The summed E-state index contributed by atoms with van der Waals surface area (Å²) in [7, 11) is 0. The van der Waals surface area contributed by atoms with E-state index in [1.807, 2.05) is 0 Å². The third kappa shape index (κ3) is 4.49. The summed E-state index contributed by atoms with van der Waals surface area (Å²) >= 11 is 0. The van der Waals surface area contributed by atoms with E-state index >= 15 is 0 Å². The van der Waals surface area contributed by atoms with Crippen LogP contribution in [0.4, 0.5) is 32.2 Å². The SMILES string of the molecule is Cc1nc2cnc(C(=O)Nc3cc(C(F)(F)F)ccn3)cn2c1-c1ccc(C(F)(F)F)cc1. The van der Waals surface area contributed by atoms with Crippen molar-refractivity contribution < 1.29 is 31.1 Å². The molecule has 0 fully saturated rings. The van der Waals surface area contributed by atoms with Crippen molar-refractivity contribution in [2.45, 2.75) is 19.3 Å². The molecule has 0 atom stereocenters. The number of carbonyl (C=O) groups is 1. The molecule has 3 heterocycles. The number of hydrogen-bond acceptors (Lipinski definition) is 4. The Morgan fingerprint density at radius 1 is 0.939 bits per heavy atom. The first kappa shape index (κ1) is 22.2. The molecule has 4 aromatic rings. The van der Waals surface area contributed by atoms with Gasteiger partial charge in [-0.3, -0.25) is 9.20 Å². The van der Waals surface area contributed by atoms with E-state index in [0.717, 1.165) is 24.4 Å². The number of halogens is 6. The smallest absolute Gasteiger partial charge is 0.305 e. The fourth-order valence-electron chi connectivity index (χ4n) is 3.21. The van der Waals surface area contributed by atoms with Gasteiger partial charge in [-0.2, -0.15) is 26.3 Å². The van der Waals surface area contributed by atoms with Crippen LogP contribution in [-0.4, -0.2) is 25.3 Å². The van der Waals surface area contributed by atoms with Crippen LogP contribution < -0.4 is 5.32 Å². The van der Waals surface area contributed by atoms with Gasteiger partial charge in [-0.15, -0.1) is 0 Å². The number of anilines is 1. The topological polar surface area (TPSA) is 72.2 Å². The maximum Gasteiger partial charge on any atom is 0.416 e. The van der Waals surface area contributed by atoms with Crippen molar-refractivity contribution in [3.05, 3.63) is 77.5 Å². The quantitative estimate of drug-likeness (QED) is 0.412. The number of carbonyl (C=O) groups excluding carboxylic acids is 1. The van der Waals surface area contributed by atoms with Crippen LogP contribution in [0, 0.1) is 6.92 Å². The second kappa shape index (κ2) is 7.87. The molecule has 0 aliphatic carbocycles. The lowest BCUT2D eigenvalue weighted by Crippen LogP contribution is -2.16. The van der Waals surface area contributed by atoms with E-state index in [4.69, 9.17) is 0 Å². The Morgan fingerprint density at radius 3 is 2.24 bits per heavy atom. The van der Waals surface area contributed by atoms with Crippen LogP contribution in [0.1, 0.15) is 27.3 Å². The summed E-state index contributed by atoms with van der Waals surface area (Å²) < 4.78 is 78.7. The van der Waals surface area contributed by atoms with Gasteiger partial charge in [-0.05, 0) is 31.2 Å². The molecular formula is C21H13F6N5O. The van der Waals surface area contributed by atoms with E-state index < -0.39 is 29.4 Å². The number of pyridine rings is 1. The van der Waals surface area contributed by atoms with Crippen LogP contribution in [-0.2, 0) is 12.4 Å². The van der Waals surface area contributed by atoms with Gasteiger partial charge in [-0.1, -0.05) is 12.1 Å². The lowest BCUT2D eigenvalue weighted by molar-refractivity contribution is -0.138. The molecule has 1 amide bonds. The van der Waals surface area contributed by atoms with Gasteiger partial charge in [0.15, 0.2) is 5.65 Å². The number of rotatable bonds is 3. The molecule has 0 aliphatic rings. The molecule has 0 aliphatic heterocycles. The fourth-order valence-corrected chi connectivity index (χ4v) is 3.21. The van der Waals surface area contributed by atoms with Crippen molar-refractivity contribution in [2.24, 2.45) is 0 Å². The highest BCUT2D eigenvalue weighted by Gasteiger charge is 2.31. The Labute approximate surface area is 181 Å². The fraction of sp³-hybridized carbons (Fsp3) is 0.143. The van der Waals surface area contributed by atoms with E-state index in [1.54, 1.807) is 6.92 Å². The Balaban J connectivity index is 1.68. The van der Waals surface area contributed by atoms with Crippen molar-refractivity contribution in [3.8, 4) is 11.3 Å². The third-order valence-corrected chi connectivity index (χ3v) is 4.73. The highest BCUT2D eigenvalue weighted by atomic mass is 19.4. The van der Waals surface area contributed by atoms with Gasteiger partial charge in [0.25, 0.3) is 5.91 Å². The first-order chi connectivity index (χ1) is 15.4. The molecule has 0 unspecified atom stereocenters. The number of fused-ring (bicyclic) bond motifs is 1. The van der Waals surface area contributed by atoms with Crippen LogP contribution in [0.2, 0.25) is 0 Å². The van der Waals surface area contributed by atoms with Gasteiger partial charge in [0, 0.05) is 18.0 Å². The van der Waals surface area contributed by atoms with Crippen molar-refractivity contribution in [2.75, 3.05) is 5.32 Å². The molecule has 1 N–H and O–H groups in total. The standard InChI is InChI=1S/C21H13F6N5O/c1-11-18(12-2-4-13(5-3-12)20(22,23)24)32-10-15(29-9-17(32)30-11)19(33)31-16-8-14(6-7-28-16)21(25,26)27/h2-10H,1H3,(H,28,31,33). The molecule has 0 spiro atoms. The first-order valence-corrected chi connectivity index (χ1v) is 9.30. The molecule has 0 bridgehead atoms. The third-order valence-electron chi connectivity index (χ3n) is 4.73. The summed E-state index contributed by atoms with van der Waals surface area (Å²) in [6.07, 6.45) is -5.61. The van der Waals surface area contributed by atoms with Crippen LogP contribution >= 0.6 is 0 Å². The molecular weight excluding hydrogens is 452 g/mol. The maximum atomic E-state index is 12.9. The summed E-state index contributed by atoms with van der Waals surface area (Å²) in [5.41, 5.74) is -0.284. The van der Waals surface area contributed by atoms with E-state index in [2.05, 4.69) is 20.3 Å². The number of nitrogens with zero attached hydrogens (tertiary/aromatic N) is 4. The molecule has 4 rings (SSSR count). The minimum absolute atomic E-state index is 0.160. The summed E-state index contributed by atoms with van der Waals surface area (Å²) in [5, 5.41) is 2.25. The lowest BCUT2D eigenvalue weighted by Gasteiger charge is -2.10. The predicted molar refractivity (Wildman–Crippen MR) is 105 cm³/mol. The van der Waals surface area contributed by atoms with Gasteiger partial charge < -0.3 is 5.32 Å². The Bertz CT molecular complexity index is 1340. The zero-order valence-corrected chi connectivity index (χ0v) is 16.7. The zero-order chi connectivity index (χ0) is 24.0. The molecule has 1 aromatic carbocycles. The van der Waals surface area contributed by atoms with Crippen molar-refractivity contribution >= 4 is 17.4 Å². The number of aromatic nitrogens is 4. The molecule has 6 nitrogen and oxygen atoms in total. The minimum atomic E-state index is -4.61. The summed E-state index contributed by atoms with van der Waals surface area (Å²) in [5.74, 6) is -1.14.